The molecule has 2 aromatic rings. The van der Waals surface area contributed by atoms with Gasteiger partial charge in [0.1, 0.15) is 0 Å². The molecule has 41 heavy (non-hydrogen) atoms. The fourth-order valence-corrected chi connectivity index (χ4v) is 5.20. The number of aromatic nitrogens is 1. The van der Waals surface area contributed by atoms with Gasteiger partial charge in [0.15, 0.2) is 16.0 Å². The fourth-order valence-electron chi connectivity index (χ4n) is 4.06. The van der Waals surface area contributed by atoms with Crippen molar-refractivity contribution in [2.75, 3.05) is 11.2 Å². The second kappa shape index (κ2) is 17.6. The first kappa shape index (κ1) is 34.1. The van der Waals surface area contributed by atoms with E-state index in [9.17, 15) is 9.59 Å². The second-order valence-corrected chi connectivity index (χ2v) is 11.7. The number of thioether (sulfide) groups is 1. The van der Waals surface area contributed by atoms with Crippen molar-refractivity contribution < 1.29 is 9.59 Å². The van der Waals surface area contributed by atoms with Gasteiger partial charge < -0.3 is 10.6 Å². The van der Waals surface area contributed by atoms with E-state index in [4.69, 9.17) is 23.8 Å². The van der Waals surface area contributed by atoms with Crippen LogP contribution in [-0.4, -0.2) is 32.9 Å². The van der Waals surface area contributed by atoms with Crippen molar-refractivity contribution in [1.82, 2.24) is 21.0 Å². The molecule has 0 radical (unpaired) electrons. The van der Waals surface area contributed by atoms with Crippen LogP contribution in [0.4, 0.5) is 5.82 Å². The third-order valence-corrected chi connectivity index (χ3v) is 7.83. The van der Waals surface area contributed by atoms with Crippen LogP contribution in [0, 0.1) is 0 Å². The number of nitrogens with one attached hydrogen (secondary N) is 4. The van der Waals surface area contributed by atoms with E-state index in [-0.39, 0.29) is 28.1 Å². The molecule has 1 aromatic heterocycles. The summed E-state index contributed by atoms with van der Waals surface area (Å²) in [4.78, 5) is 27.9. The Bertz CT molecular complexity index is 1300. The van der Waals surface area contributed by atoms with Crippen LogP contribution in [-0.2, 0) is 11.2 Å². The number of amides is 1. The average Bonchev–Trinajstić information content (AvgIpc) is 3.05. The molecule has 220 valence electrons. The third-order valence-electron chi connectivity index (χ3n) is 6.48. The molecule has 2 unspecified atom stereocenters. The second-order valence-electron chi connectivity index (χ2n) is 9.64. The first-order valence-corrected chi connectivity index (χ1v) is 15.2. The summed E-state index contributed by atoms with van der Waals surface area (Å²) in [5, 5.41) is 7.05. The Morgan fingerprint density at radius 1 is 1.27 bits per heavy atom. The van der Waals surface area contributed by atoms with Crippen LogP contribution in [0.1, 0.15) is 75.0 Å². The largest absolute Gasteiger partial charge is 0.351 e. The number of fused-ring (bicyclic) bond motifs is 1. The maximum atomic E-state index is 12.5. The molecule has 1 aliphatic rings. The number of aryl methyl sites for hydroxylation is 1. The number of carbonyl (C=O) groups excluding carboxylic acids is 2. The quantitative estimate of drug-likeness (QED) is 0.103. The zero-order valence-electron chi connectivity index (χ0n) is 24.3. The SMILES string of the molecule is C=C/C=C\C.CC(=O)SCCC(C)NC(=O)c1cnc(NNC(=S)NC2C(C)=C(C)CCc3ccccc32)c(Cl)c1. The lowest BCUT2D eigenvalue weighted by Gasteiger charge is -2.24. The van der Waals surface area contributed by atoms with Crippen molar-refractivity contribution in [3.05, 3.63) is 94.2 Å². The van der Waals surface area contributed by atoms with Crippen molar-refractivity contribution in [2.45, 2.75) is 66.0 Å². The van der Waals surface area contributed by atoms with Gasteiger partial charge in [0.25, 0.3) is 5.91 Å². The summed E-state index contributed by atoms with van der Waals surface area (Å²) in [5.74, 6) is 0.735. The summed E-state index contributed by atoms with van der Waals surface area (Å²) in [5.41, 5.74) is 11.4. The van der Waals surface area contributed by atoms with Gasteiger partial charge in [-0.05, 0) is 81.9 Å². The lowest BCUT2D eigenvalue weighted by Crippen LogP contribution is -2.41. The number of pyridine rings is 1. The van der Waals surface area contributed by atoms with Crippen LogP contribution >= 0.6 is 35.6 Å². The fraction of sp³-hybridized carbons (Fsp3) is 0.355. The lowest BCUT2D eigenvalue weighted by molar-refractivity contribution is -0.109. The molecule has 7 nitrogen and oxygen atoms in total. The van der Waals surface area contributed by atoms with E-state index in [2.05, 4.69) is 65.1 Å². The Morgan fingerprint density at radius 2 is 2.00 bits per heavy atom. The number of nitrogens with zero attached hydrogens (tertiary/aromatic N) is 1. The number of anilines is 1. The van der Waals surface area contributed by atoms with Crippen molar-refractivity contribution in [2.24, 2.45) is 0 Å². The van der Waals surface area contributed by atoms with E-state index in [1.54, 1.807) is 12.1 Å². The molecule has 0 saturated carbocycles. The highest BCUT2D eigenvalue weighted by molar-refractivity contribution is 8.13. The number of rotatable bonds is 9. The molecular formula is C31H40ClN5O2S2. The number of carbonyl (C=O) groups is 2. The van der Waals surface area contributed by atoms with Gasteiger partial charge in [-0.3, -0.25) is 20.4 Å². The third kappa shape index (κ3) is 11.3. The van der Waals surface area contributed by atoms with Crippen LogP contribution in [0.3, 0.4) is 0 Å². The van der Waals surface area contributed by atoms with Crippen LogP contribution < -0.4 is 21.5 Å². The van der Waals surface area contributed by atoms with Gasteiger partial charge in [-0.25, -0.2) is 4.98 Å². The molecule has 1 aliphatic carbocycles. The lowest BCUT2D eigenvalue weighted by atomic mass is 9.96. The Hall–Kier alpha value is -3.14. The van der Waals surface area contributed by atoms with Gasteiger partial charge in [-0.15, -0.1) is 0 Å². The Morgan fingerprint density at radius 3 is 2.63 bits per heavy atom. The first-order chi connectivity index (χ1) is 19.6. The number of halogens is 1. The van der Waals surface area contributed by atoms with E-state index in [1.165, 1.54) is 47.2 Å². The molecule has 4 N–H and O–H groups in total. The summed E-state index contributed by atoms with van der Waals surface area (Å²) >= 11 is 13.2. The summed E-state index contributed by atoms with van der Waals surface area (Å²) in [6.07, 6.45) is 9.75. The average molecular weight is 614 g/mol. The maximum absolute atomic E-state index is 12.5. The van der Waals surface area contributed by atoms with Gasteiger partial charge in [0, 0.05) is 24.9 Å². The van der Waals surface area contributed by atoms with Crippen molar-refractivity contribution in [3.63, 3.8) is 0 Å². The molecule has 0 bridgehead atoms. The minimum atomic E-state index is -0.272. The summed E-state index contributed by atoms with van der Waals surface area (Å²) in [6, 6.07) is 9.85. The van der Waals surface area contributed by atoms with E-state index < -0.39 is 0 Å². The van der Waals surface area contributed by atoms with Gasteiger partial charge in [-0.1, -0.05) is 78.0 Å². The number of hydrazine groups is 1. The van der Waals surface area contributed by atoms with Gasteiger partial charge in [0.2, 0.25) is 0 Å². The molecular weight excluding hydrogens is 574 g/mol. The highest BCUT2D eigenvalue weighted by Crippen LogP contribution is 2.32. The predicted octanol–water partition coefficient (Wildman–Crippen LogP) is 7.09. The van der Waals surface area contributed by atoms with Crippen LogP contribution in [0.15, 0.2) is 72.5 Å². The number of thiocarbonyl (C=S) groups is 1. The molecule has 1 amide bonds. The van der Waals surface area contributed by atoms with E-state index in [0.29, 0.717) is 28.7 Å². The minimum Gasteiger partial charge on any atom is -0.351 e. The molecule has 1 heterocycles. The monoisotopic (exact) mass is 613 g/mol. The van der Waals surface area contributed by atoms with E-state index >= 15 is 0 Å². The van der Waals surface area contributed by atoms with Gasteiger partial charge in [-0.2, -0.15) is 0 Å². The summed E-state index contributed by atoms with van der Waals surface area (Å²) in [7, 11) is 0. The topological polar surface area (TPSA) is 95.2 Å². The van der Waals surface area contributed by atoms with E-state index in [0.717, 1.165) is 12.8 Å². The normalized spacial score (nSPS) is 15.0. The number of hydrogen-bond acceptors (Lipinski definition) is 6. The van der Waals surface area contributed by atoms with Gasteiger partial charge >= 0.3 is 0 Å². The smallest absolute Gasteiger partial charge is 0.253 e. The Labute approximate surface area is 258 Å². The van der Waals surface area contributed by atoms with Gasteiger partial charge in [0.05, 0.1) is 16.6 Å². The molecule has 0 aliphatic heterocycles. The zero-order valence-corrected chi connectivity index (χ0v) is 26.7. The molecule has 3 rings (SSSR count). The molecule has 0 saturated heterocycles. The minimum absolute atomic E-state index is 0.0316. The highest BCUT2D eigenvalue weighted by Gasteiger charge is 2.22. The van der Waals surface area contributed by atoms with E-state index in [1.807, 2.05) is 32.1 Å². The summed E-state index contributed by atoms with van der Waals surface area (Å²) in [6.45, 7) is 13.2. The maximum Gasteiger partial charge on any atom is 0.253 e. The standard InChI is InChI=1S/C26H32ClN5O2S2.C5H8/c1-15-9-10-19-7-5-6-8-21(19)23(17(15)3)30-26(35)32-31-24-22(27)13-20(14-28-24)25(34)29-16(2)11-12-36-18(4)33;1-3-5-4-2/h5-8,13-14,16,23H,9-12H2,1-4H3,(H,28,31)(H,29,34)(H2,30,32,35);3-5H,1H2,2H3/b;5-4-. The highest BCUT2D eigenvalue weighted by atomic mass is 35.5. The zero-order chi connectivity index (χ0) is 30.4. The molecule has 0 fully saturated rings. The van der Waals surface area contributed by atoms with Crippen LogP contribution in [0.2, 0.25) is 5.02 Å². The molecule has 0 spiro atoms. The predicted molar refractivity (Wildman–Crippen MR) is 177 cm³/mol. The van der Waals surface area contributed by atoms with Crippen LogP contribution in [0.25, 0.3) is 0 Å². The Balaban J connectivity index is 0.00000108. The summed E-state index contributed by atoms with van der Waals surface area (Å²) < 4.78 is 0. The first-order valence-electron chi connectivity index (χ1n) is 13.5. The number of hydrogen-bond donors (Lipinski definition) is 4. The van der Waals surface area contributed by atoms with Crippen LogP contribution in [0.5, 0.6) is 0 Å². The number of allylic oxidation sites excluding steroid dienone is 4. The molecule has 10 heteroatoms. The van der Waals surface area contributed by atoms with Crippen molar-refractivity contribution in [1.29, 1.82) is 0 Å². The van der Waals surface area contributed by atoms with Crippen molar-refractivity contribution in [3.8, 4) is 0 Å². The Kier molecular flexibility index (Phi) is 14.6. The molecule has 2 atom stereocenters. The number of benzene rings is 1. The molecule has 1 aromatic carbocycles. The van der Waals surface area contributed by atoms with Crippen molar-refractivity contribution >= 4 is 57.5 Å².